The van der Waals surface area contributed by atoms with Crippen LogP contribution in [-0.2, 0) is 0 Å². The van der Waals surface area contributed by atoms with Crippen LogP contribution in [0.2, 0.25) is 5.15 Å². The summed E-state index contributed by atoms with van der Waals surface area (Å²) >= 11 is 6.54. The predicted molar refractivity (Wildman–Crippen MR) is 90.6 cm³/mol. The number of carbonyl (C=O) groups excluding carboxylic acids is 1. The second kappa shape index (κ2) is 5.69. The lowest BCUT2D eigenvalue weighted by Crippen LogP contribution is -2.37. The molecule has 0 spiro atoms. The first kappa shape index (κ1) is 14.8. The molecule has 1 amide bonds. The van der Waals surface area contributed by atoms with Crippen LogP contribution in [0.1, 0.15) is 27.8 Å². The van der Waals surface area contributed by atoms with Gasteiger partial charge in [0.15, 0.2) is 0 Å². The van der Waals surface area contributed by atoms with E-state index in [1.54, 1.807) is 22.9 Å². The largest absolute Gasteiger partial charge is 0.465 e. The molecule has 120 valence electrons. The van der Waals surface area contributed by atoms with Gasteiger partial charge in [-0.1, -0.05) is 41.9 Å². The number of fused-ring (bicyclic) bond motifs is 1. The number of carbonyl (C=O) groups is 1. The standard InChI is InChI=1S/C18H14ClN3O2/c1-11-15(16(19)22(21-11)12-7-3-2-4-8-12)18-20-17(23)13-9-5-6-10-14(13)24-18/h2-10,18H,1H3,(H,20,23)/t18-/m0/s1. The second-order valence-corrected chi connectivity index (χ2v) is 5.86. The average Bonchev–Trinajstić information content (AvgIpc) is 2.90. The van der Waals surface area contributed by atoms with E-state index in [0.717, 1.165) is 5.69 Å². The normalized spacial score (nSPS) is 16.2. The molecule has 0 fully saturated rings. The van der Waals surface area contributed by atoms with Crippen LogP contribution in [0.25, 0.3) is 5.69 Å². The van der Waals surface area contributed by atoms with Crippen LogP contribution < -0.4 is 10.1 Å². The van der Waals surface area contributed by atoms with Crippen LogP contribution in [-0.4, -0.2) is 15.7 Å². The Morgan fingerprint density at radius 3 is 2.62 bits per heavy atom. The van der Waals surface area contributed by atoms with Crippen molar-refractivity contribution in [3.63, 3.8) is 0 Å². The molecule has 0 bridgehead atoms. The zero-order valence-electron chi connectivity index (χ0n) is 12.9. The number of aryl methyl sites for hydroxylation is 1. The van der Waals surface area contributed by atoms with Crippen molar-refractivity contribution in [1.82, 2.24) is 15.1 Å². The highest BCUT2D eigenvalue weighted by molar-refractivity contribution is 6.30. The molecule has 0 radical (unpaired) electrons. The van der Waals surface area contributed by atoms with Gasteiger partial charge in [0.1, 0.15) is 10.9 Å². The van der Waals surface area contributed by atoms with E-state index in [0.29, 0.717) is 27.7 Å². The summed E-state index contributed by atoms with van der Waals surface area (Å²) in [6.07, 6.45) is -0.669. The van der Waals surface area contributed by atoms with E-state index < -0.39 is 6.23 Å². The predicted octanol–water partition coefficient (Wildman–Crippen LogP) is 3.66. The van der Waals surface area contributed by atoms with Gasteiger partial charge in [-0.3, -0.25) is 4.79 Å². The molecule has 6 heteroatoms. The molecule has 0 saturated heterocycles. The lowest BCUT2D eigenvalue weighted by molar-refractivity contribution is 0.0755. The molecule has 2 heterocycles. The lowest BCUT2D eigenvalue weighted by Gasteiger charge is -2.26. The fraction of sp³-hybridized carbons (Fsp3) is 0.111. The minimum atomic E-state index is -0.669. The molecular formula is C18H14ClN3O2. The molecule has 0 saturated carbocycles. The third kappa shape index (κ3) is 2.34. The van der Waals surface area contributed by atoms with Gasteiger partial charge in [-0.15, -0.1) is 0 Å². The van der Waals surface area contributed by atoms with Crippen molar-refractivity contribution in [2.24, 2.45) is 0 Å². The zero-order chi connectivity index (χ0) is 16.7. The Morgan fingerprint density at radius 2 is 1.83 bits per heavy atom. The van der Waals surface area contributed by atoms with Crippen LogP contribution >= 0.6 is 11.6 Å². The Hall–Kier alpha value is -2.79. The summed E-state index contributed by atoms with van der Waals surface area (Å²) in [4.78, 5) is 12.3. The summed E-state index contributed by atoms with van der Waals surface area (Å²) in [6.45, 7) is 1.84. The summed E-state index contributed by atoms with van der Waals surface area (Å²) in [5, 5.41) is 7.75. The number of hydrogen-bond acceptors (Lipinski definition) is 3. The summed E-state index contributed by atoms with van der Waals surface area (Å²) in [5.74, 6) is 0.346. The van der Waals surface area contributed by atoms with Crippen LogP contribution in [0.3, 0.4) is 0 Å². The van der Waals surface area contributed by atoms with Gasteiger partial charge in [-0.2, -0.15) is 5.10 Å². The fourth-order valence-electron chi connectivity index (χ4n) is 2.79. The Labute approximate surface area is 143 Å². The maximum atomic E-state index is 12.3. The van der Waals surface area contributed by atoms with Gasteiger partial charge >= 0.3 is 0 Å². The molecule has 0 aliphatic carbocycles. The van der Waals surface area contributed by atoms with Gasteiger partial charge < -0.3 is 10.1 Å². The van der Waals surface area contributed by atoms with E-state index >= 15 is 0 Å². The third-order valence-electron chi connectivity index (χ3n) is 3.95. The Morgan fingerprint density at radius 1 is 1.12 bits per heavy atom. The van der Waals surface area contributed by atoms with E-state index in [-0.39, 0.29) is 5.91 Å². The van der Waals surface area contributed by atoms with Crippen molar-refractivity contribution in [2.45, 2.75) is 13.2 Å². The minimum Gasteiger partial charge on any atom is -0.465 e. The average molecular weight is 340 g/mol. The van der Waals surface area contributed by atoms with Crippen LogP contribution in [0.15, 0.2) is 54.6 Å². The molecular weight excluding hydrogens is 326 g/mol. The fourth-order valence-corrected chi connectivity index (χ4v) is 3.16. The van der Waals surface area contributed by atoms with E-state index in [4.69, 9.17) is 16.3 Å². The molecule has 1 atom stereocenters. The summed E-state index contributed by atoms with van der Waals surface area (Å²) in [7, 11) is 0. The van der Waals surface area contributed by atoms with E-state index in [9.17, 15) is 4.79 Å². The highest BCUT2D eigenvalue weighted by Crippen LogP contribution is 2.34. The smallest absolute Gasteiger partial charge is 0.258 e. The molecule has 5 nitrogen and oxygen atoms in total. The highest BCUT2D eigenvalue weighted by Gasteiger charge is 2.31. The Kier molecular flexibility index (Phi) is 3.50. The summed E-state index contributed by atoms with van der Waals surface area (Å²) in [5.41, 5.74) is 2.72. The molecule has 3 aromatic rings. The topological polar surface area (TPSA) is 56.2 Å². The molecule has 1 N–H and O–H groups in total. The number of nitrogens with zero attached hydrogens (tertiary/aromatic N) is 2. The van der Waals surface area contributed by atoms with E-state index in [1.807, 2.05) is 43.3 Å². The molecule has 4 rings (SSSR count). The van der Waals surface area contributed by atoms with Gasteiger partial charge in [0.2, 0.25) is 6.23 Å². The van der Waals surface area contributed by atoms with E-state index in [2.05, 4.69) is 10.4 Å². The molecule has 1 aliphatic rings. The monoisotopic (exact) mass is 339 g/mol. The maximum absolute atomic E-state index is 12.3. The summed E-state index contributed by atoms with van der Waals surface area (Å²) in [6, 6.07) is 16.7. The molecule has 1 aromatic heterocycles. The molecule has 1 aliphatic heterocycles. The number of benzene rings is 2. The van der Waals surface area contributed by atoms with Gasteiger partial charge in [0.25, 0.3) is 5.91 Å². The number of halogens is 1. The number of rotatable bonds is 2. The van der Waals surface area contributed by atoms with Gasteiger partial charge in [-0.05, 0) is 31.2 Å². The summed E-state index contributed by atoms with van der Waals surface area (Å²) < 4.78 is 7.57. The van der Waals surface area contributed by atoms with Crippen molar-refractivity contribution >= 4 is 17.5 Å². The maximum Gasteiger partial charge on any atom is 0.258 e. The molecule has 2 aromatic carbocycles. The van der Waals surface area contributed by atoms with Gasteiger partial charge in [0.05, 0.1) is 22.5 Å². The van der Waals surface area contributed by atoms with Gasteiger partial charge in [-0.25, -0.2) is 4.68 Å². The number of aromatic nitrogens is 2. The molecule has 0 unspecified atom stereocenters. The van der Waals surface area contributed by atoms with Crippen molar-refractivity contribution in [3.8, 4) is 11.4 Å². The number of nitrogens with one attached hydrogen (secondary N) is 1. The minimum absolute atomic E-state index is 0.190. The van der Waals surface area contributed by atoms with Crippen LogP contribution in [0, 0.1) is 6.92 Å². The SMILES string of the molecule is Cc1nn(-c2ccccc2)c(Cl)c1[C@H]1NC(=O)c2ccccc2O1. The Bertz CT molecular complexity index is 921. The second-order valence-electron chi connectivity index (χ2n) is 5.50. The highest BCUT2D eigenvalue weighted by atomic mass is 35.5. The first-order chi connectivity index (χ1) is 11.6. The van der Waals surface area contributed by atoms with Gasteiger partial charge in [0, 0.05) is 0 Å². The number of amides is 1. The number of para-hydroxylation sites is 2. The van der Waals surface area contributed by atoms with Crippen molar-refractivity contribution in [2.75, 3.05) is 0 Å². The quantitative estimate of drug-likeness (QED) is 0.775. The number of ether oxygens (including phenoxy) is 1. The van der Waals surface area contributed by atoms with Crippen LogP contribution in [0.5, 0.6) is 5.75 Å². The first-order valence-corrected chi connectivity index (χ1v) is 7.90. The van der Waals surface area contributed by atoms with Crippen molar-refractivity contribution < 1.29 is 9.53 Å². The first-order valence-electron chi connectivity index (χ1n) is 7.52. The lowest BCUT2D eigenvalue weighted by atomic mass is 10.1. The Balaban J connectivity index is 1.76. The third-order valence-corrected chi connectivity index (χ3v) is 4.31. The molecule has 24 heavy (non-hydrogen) atoms. The van der Waals surface area contributed by atoms with Crippen LogP contribution in [0.4, 0.5) is 0 Å². The van der Waals surface area contributed by atoms with E-state index in [1.165, 1.54) is 0 Å². The zero-order valence-corrected chi connectivity index (χ0v) is 13.6. The number of hydrogen-bond donors (Lipinski definition) is 1. The van der Waals surface area contributed by atoms with Crippen molar-refractivity contribution in [1.29, 1.82) is 0 Å². The van der Waals surface area contributed by atoms with Crippen molar-refractivity contribution in [3.05, 3.63) is 76.6 Å².